The van der Waals surface area contributed by atoms with Crippen molar-refractivity contribution in [2.45, 2.75) is 15.7 Å². The molecule has 0 fully saturated rings. The first-order valence-electron chi connectivity index (χ1n) is 5.35. The number of rotatable bonds is 6. The second-order valence-corrected chi connectivity index (χ2v) is 7.28. The summed E-state index contributed by atoms with van der Waals surface area (Å²) >= 11 is 11.0. The molecule has 2 N–H and O–H groups in total. The van der Waals surface area contributed by atoms with Crippen LogP contribution in [-0.4, -0.2) is 21.7 Å². The molecule has 0 amide bonds. The number of nitrogen functional groups attached to an aromatic ring is 1. The van der Waals surface area contributed by atoms with Gasteiger partial charge in [-0.05, 0) is 24.3 Å². The van der Waals surface area contributed by atoms with Crippen LogP contribution in [0.3, 0.4) is 0 Å². The molecular formula is C11H12ClN3S3. The average Bonchev–Trinajstić information content (AvgIpc) is 2.77. The van der Waals surface area contributed by atoms with Crippen molar-refractivity contribution in [1.29, 1.82) is 0 Å². The Bertz CT molecular complexity index is 504. The third kappa shape index (κ3) is 4.35. The zero-order chi connectivity index (χ0) is 12.8. The van der Waals surface area contributed by atoms with Crippen LogP contribution in [0.1, 0.15) is 6.42 Å². The highest BCUT2D eigenvalue weighted by Gasteiger charge is 2.02. The molecule has 0 radical (unpaired) electrons. The van der Waals surface area contributed by atoms with Crippen molar-refractivity contribution in [3.05, 3.63) is 29.3 Å². The number of thioether (sulfide) groups is 2. The van der Waals surface area contributed by atoms with Crippen LogP contribution in [0.2, 0.25) is 5.02 Å². The molecule has 1 aromatic carbocycles. The molecule has 2 rings (SSSR count). The molecule has 0 spiro atoms. The van der Waals surface area contributed by atoms with Gasteiger partial charge in [0.2, 0.25) is 5.13 Å². The molecule has 1 heterocycles. The third-order valence-electron chi connectivity index (χ3n) is 2.03. The molecular weight excluding hydrogens is 306 g/mol. The van der Waals surface area contributed by atoms with Crippen LogP contribution in [-0.2, 0) is 0 Å². The monoisotopic (exact) mass is 317 g/mol. The highest BCUT2D eigenvalue weighted by Crippen LogP contribution is 2.28. The maximum Gasteiger partial charge on any atom is 0.203 e. The van der Waals surface area contributed by atoms with Crippen LogP contribution in [0, 0.1) is 0 Å². The maximum absolute atomic E-state index is 6.08. The van der Waals surface area contributed by atoms with E-state index in [-0.39, 0.29) is 0 Å². The van der Waals surface area contributed by atoms with Gasteiger partial charge in [-0.15, -0.1) is 22.0 Å². The molecule has 7 heteroatoms. The number of benzene rings is 1. The minimum absolute atomic E-state index is 0.531. The lowest BCUT2D eigenvalue weighted by molar-refractivity contribution is 1.01. The Morgan fingerprint density at radius 2 is 1.94 bits per heavy atom. The van der Waals surface area contributed by atoms with E-state index in [1.807, 2.05) is 24.3 Å². The third-order valence-corrected chi connectivity index (χ3v) is 5.60. The predicted molar refractivity (Wildman–Crippen MR) is 81.8 cm³/mol. The van der Waals surface area contributed by atoms with E-state index < -0.39 is 0 Å². The van der Waals surface area contributed by atoms with Crippen LogP contribution < -0.4 is 5.73 Å². The van der Waals surface area contributed by atoms with Gasteiger partial charge in [0.1, 0.15) is 0 Å². The van der Waals surface area contributed by atoms with Gasteiger partial charge in [-0.1, -0.05) is 46.8 Å². The Kier molecular flexibility index (Phi) is 5.62. The SMILES string of the molecule is Nc1nnc(SCCCSc2ccccc2Cl)s1. The Morgan fingerprint density at radius 1 is 1.17 bits per heavy atom. The van der Waals surface area contributed by atoms with E-state index in [0.717, 1.165) is 32.2 Å². The first kappa shape index (κ1) is 14.0. The van der Waals surface area contributed by atoms with Crippen LogP contribution in [0.4, 0.5) is 5.13 Å². The van der Waals surface area contributed by atoms with Gasteiger partial charge in [0.15, 0.2) is 4.34 Å². The summed E-state index contributed by atoms with van der Waals surface area (Å²) in [6.07, 6.45) is 1.10. The van der Waals surface area contributed by atoms with E-state index in [9.17, 15) is 0 Å². The van der Waals surface area contributed by atoms with E-state index in [1.54, 1.807) is 23.5 Å². The minimum atomic E-state index is 0.531. The zero-order valence-corrected chi connectivity index (χ0v) is 12.7. The van der Waals surface area contributed by atoms with E-state index >= 15 is 0 Å². The quantitative estimate of drug-likeness (QED) is 0.643. The summed E-state index contributed by atoms with van der Waals surface area (Å²) < 4.78 is 0.940. The molecule has 0 aliphatic heterocycles. The lowest BCUT2D eigenvalue weighted by atomic mass is 10.4. The molecule has 0 aliphatic rings. The molecule has 96 valence electrons. The lowest BCUT2D eigenvalue weighted by Gasteiger charge is -2.02. The normalized spacial score (nSPS) is 10.7. The van der Waals surface area contributed by atoms with E-state index in [1.165, 1.54) is 11.3 Å². The minimum Gasteiger partial charge on any atom is -0.374 e. The topological polar surface area (TPSA) is 51.8 Å². The van der Waals surface area contributed by atoms with Gasteiger partial charge in [0, 0.05) is 10.6 Å². The Balaban J connectivity index is 1.66. The molecule has 2 aromatic rings. The molecule has 0 atom stereocenters. The van der Waals surface area contributed by atoms with Gasteiger partial charge in [-0.3, -0.25) is 0 Å². The van der Waals surface area contributed by atoms with Crippen molar-refractivity contribution >= 4 is 51.6 Å². The molecule has 0 unspecified atom stereocenters. The molecule has 0 saturated carbocycles. The number of nitrogens with two attached hydrogens (primary N) is 1. The van der Waals surface area contributed by atoms with Crippen LogP contribution in [0.15, 0.2) is 33.5 Å². The van der Waals surface area contributed by atoms with E-state index in [4.69, 9.17) is 17.3 Å². The summed E-state index contributed by atoms with van der Waals surface area (Å²) in [5, 5.41) is 9.10. The van der Waals surface area contributed by atoms with Gasteiger partial charge in [-0.2, -0.15) is 0 Å². The van der Waals surface area contributed by atoms with Crippen molar-refractivity contribution in [3.63, 3.8) is 0 Å². The standard InChI is InChI=1S/C11H12ClN3S3/c12-8-4-1-2-5-9(8)16-6-3-7-17-11-15-14-10(13)18-11/h1-2,4-5H,3,6-7H2,(H2,13,14). The summed E-state index contributed by atoms with van der Waals surface area (Å²) in [4.78, 5) is 1.14. The number of hydrogen-bond donors (Lipinski definition) is 1. The molecule has 3 nitrogen and oxygen atoms in total. The summed E-state index contributed by atoms with van der Waals surface area (Å²) in [5.41, 5.74) is 5.51. The average molecular weight is 318 g/mol. The van der Waals surface area contributed by atoms with Gasteiger partial charge >= 0.3 is 0 Å². The zero-order valence-electron chi connectivity index (χ0n) is 9.51. The molecule has 1 aromatic heterocycles. The number of halogens is 1. The van der Waals surface area contributed by atoms with Gasteiger partial charge < -0.3 is 5.73 Å². The Hall–Kier alpha value is -0.430. The van der Waals surface area contributed by atoms with Crippen molar-refractivity contribution in [2.24, 2.45) is 0 Å². The van der Waals surface area contributed by atoms with Gasteiger partial charge in [-0.25, -0.2) is 0 Å². The highest BCUT2D eigenvalue weighted by molar-refractivity contribution is 8.01. The Morgan fingerprint density at radius 3 is 2.67 bits per heavy atom. The smallest absolute Gasteiger partial charge is 0.203 e. The fraction of sp³-hybridized carbons (Fsp3) is 0.273. The van der Waals surface area contributed by atoms with Crippen molar-refractivity contribution < 1.29 is 0 Å². The van der Waals surface area contributed by atoms with Crippen LogP contribution >= 0.6 is 46.5 Å². The lowest BCUT2D eigenvalue weighted by Crippen LogP contribution is -1.84. The number of aromatic nitrogens is 2. The van der Waals surface area contributed by atoms with Crippen LogP contribution in [0.25, 0.3) is 0 Å². The molecule has 0 saturated heterocycles. The summed E-state index contributed by atoms with van der Waals surface area (Å²) in [6, 6.07) is 7.92. The summed E-state index contributed by atoms with van der Waals surface area (Å²) in [5.74, 6) is 2.07. The molecule has 18 heavy (non-hydrogen) atoms. The second-order valence-electron chi connectivity index (χ2n) is 3.39. The van der Waals surface area contributed by atoms with E-state index in [2.05, 4.69) is 10.2 Å². The predicted octanol–water partition coefficient (Wildman–Crippen LogP) is 4.05. The highest BCUT2D eigenvalue weighted by atomic mass is 35.5. The van der Waals surface area contributed by atoms with Gasteiger partial charge in [0.05, 0.1) is 5.02 Å². The van der Waals surface area contributed by atoms with E-state index in [0.29, 0.717) is 5.13 Å². The maximum atomic E-state index is 6.08. The summed E-state index contributed by atoms with van der Waals surface area (Å²) in [6.45, 7) is 0. The number of nitrogens with zero attached hydrogens (tertiary/aromatic N) is 2. The van der Waals surface area contributed by atoms with Gasteiger partial charge in [0.25, 0.3) is 0 Å². The fourth-order valence-corrected chi connectivity index (χ4v) is 4.26. The number of hydrogen-bond acceptors (Lipinski definition) is 6. The van der Waals surface area contributed by atoms with Crippen molar-refractivity contribution in [2.75, 3.05) is 17.2 Å². The molecule has 0 aliphatic carbocycles. The number of anilines is 1. The second kappa shape index (κ2) is 7.23. The first-order chi connectivity index (χ1) is 8.75. The molecule has 0 bridgehead atoms. The largest absolute Gasteiger partial charge is 0.374 e. The van der Waals surface area contributed by atoms with Crippen LogP contribution in [0.5, 0.6) is 0 Å². The Labute approximate surface area is 124 Å². The fourth-order valence-electron chi connectivity index (χ4n) is 1.24. The van der Waals surface area contributed by atoms with Crippen molar-refractivity contribution in [1.82, 2.24) is 10.2 Å². The first-order valence-corrected chi connectivity index (χ1v) is 8.51. The van der Waals surface area contributed by atoms with Crippen molar-refractivity contribution in [3.8, 4) is 0 Å². The summed E-state index contributed by atoms with van der Waals surface area (Å²) in [7, 11) is 0.